The molecule has 0 aromatic heterocycles. The first kappa shape index (κ1) is 11.4. The molecule has 1 unspecified atom stereocenters. The molecule has 0 spiro atoms. The van der Waals surface area contributed by atoms with Crippen LogP contribution < -0.4 is 0 Å². The Morgan fingerprint density at radius 2 is 1.73 bits per heavy atom. The van der Waals surface area contributed by atoms with Crippen LogP contribution in [-0.2, 0) is 4.43 Å². The molecule has 0 rings (SSSR count). The molecule has 11 heavy (non-hydrogen) atoms. The van der Waals surface area contributed by atoms with Crippen molar-refractivity contribution < 1.29 is 4.43 Å². The van der Waals surface area contributed by atoms with Crippen molar-refractivity contribution in [1.29, 1.82) is 0 Å². The molecule has 1 atom stereocenters. The van der Waals surface area contributed by atoms with Gasteiger partial charge in [0.25, 0.3) is 0 Å². The molecule has 68 valence electrons. The average molecular weight is 190 g/mol. The van der Waals surface area contributed by atoms with Crippen molar-refractivity contribution in [1.82, 2.24) is 0 Å². The van der Waals surface area contributed by atoms with E-state index in [1.807, 2.05) is 0 Å². The summed E-state index contributed by atoms with van der Waals surface area (Å²) >= 11 is 0. The zero-order valence-corrected chi connectivity index (χ0v) is 10.9. The molecular formula is C8H22OSi2. The molecular weight excluding hydrogens is 168 g/mol. The van der Waals surface area contributed by atoms with Crippen LogP contribution in [0.2, 0.25) is 32.7 Å². The van der Waals surface area contributed by atoms with E-state index in [2.05, 4.69) is 39.7 Å². The lowest BCUT2D eigenvalue weighted by molar-refractivity contribution is 0.262. The lowest BCUT2D eigenvalue weighted by Gasteiger charge is -2.27. The monoisotopic (exact) mass is 190 g/mol. The number of rotatable bonds is 4. The lowest BCUT2D eigenvalue weighted by Crippen LogP contribution is -2.38. The topological polar surface area (TPSA) is 9.23 Å². The molecule has 0 aromatic carbocycles. The van der Waals surface area contributed by atoms with Gasteiger partial charge in [0.15, 0.2) is 8.32 Å². The van der Waals surface area contributed by atoms with Crippen molar-refractivity contribution in [3.8, 4) is 0 Å². The maximum atomic E-state index is 6.05. The predicted octanol–water partition coefficient (Wildman–Crippen LogP) is 2.64. The lowest BCUT2D eigenvalue weighted by atomic mass is 10.5. The second kappa shape index (κ2) is 4.43. The molecule has 0 fully saturated rings. The molecule has 1 nitrogen and oxygen atoms in total. The maximum absolute atomic E-state index is 6.05. The van der Waals surface area contributed by atoms with Gasteiger partial charge in [-0.25, -0.2) is 0 Å². The summed E-state index contributed by atoms with van der Waals surface area (Å²) in [6.07, 6.45) is 1.20. The van der Waals surface area contributed by atoms with Gasteiger partial charge in [-0.1, -0.05) is 20.0 Å². The highest BCUT2D eigenvalue weighted by Crippen LogP contribution is 2.12. The fourth-order valence-electron chi connectivity index (χ4n) is 1.14. The highest BCUT2D eigenvalue weighted by molar-refractivity contribution is 6.71. The summed E-state index contributed by atoms with van der Waals surface area (Å²) in [6, 6.07) is 0. The fraction of sp³-hybridized carbons (Fsp3) is 1.00. The average Bonchev–Trinajstić information content (AvgIpc) is 1.80. The normalized spacial score (nSPS) is 15.5. The minimum Gasteiger partial charge on any atom is -0.418 e. The quantitative estimate of drug-likeness (QED) is 0.619. The van der Waals surface area contributed by atoms with Crippen molar-refractivity contribution in [3.63, 3.8) is 0 Å². The van der Waals surface area contributed by atoms with Crippen molar-refractivity contribution in [3.05, 3.63) is 0 Å². The van der Waals surface area contributed by atoms with Gasteiger partial charge in [0.2, 0.25) is 0 Å². The summed E-state index contributed by atoms with van der Waals surface area (Å²) in [5.41, 5.74) is 0.613. The molecule has 0 heterocycles. The van der Waals surface area contributed by atoms with Crippen molar-refractivity contribution in [2.45, 2.75) is 51.8 Å². The molecule has 0 aliphatic rings. The number of hydrogen-bond acceptors (Lipinski definition) is 1. The molecule has 0 aromatic rings. The third-order valence-electron chi connectivity index (χ3n) is 1.65. The summed E-state index contributed by atoms with van der Waals surface area (Å²) in [4.78, 5) is 0. The van der Waals surface area contributed by atoms with E-state index in [-0.39, 0.29) is 0 Å². The van der Waals surface area contributed by atoms with Crippen molar-refractivity contribution >= 4 is 17.1 Å². The Morgan fingerprint density at radius 1 is 1.27 bits per heavy atom. The van der Waals surface area contributed by atoms with Gasteiger partial charge in [0.05, 0.1) is 8.80 Å². The highest BCUT2D eigenvalue weighted by atomic mass is 28.4. The Morgan fingerprint density at radius 3 is 1.82 bits per heavy atom. The van der Waals surface area contributed by atoms with E-state index >= 15 is 0 Å². The summed E-state index contributed by atoms with van der Waals surface area (Å²) in [5, 5.41) is 0. The largest absolute Gasteiger partial charge is 0.418 e. The summed E-state index contributed by atoms with van der Waals surface area (Å²) in [7, 11) is -1.84. The van der Waals surface area contributed by atoms with E-state index in [4.69, 9.17) is 4.43 Å². The predicted molar refractivity (Wildman–Crippen MR) is 57.4 cm³/mol. The Bertz CT molecular complexity index is 107. The van der Waals surface area contributed by atoms with E-state index in [9.17, 15) is 0 Å². The third-order valence-corrected chi connectivity index (χ3v) is 5.03. The molecule has 0 aliphatic carbocycles. The molecule has 0 bridgehead atoms. The van der Waals surface area contributed by atoms with E-state index < -0.39 is 17.1 Å². The first-order valence-corrected chi connectivity index (χ1v) is 10.9. The molecule has 0 aliphatic heterocycles. The molecule has 0 amide bonds. The van der Waals surface area contributed by atoms with Gasteiger partial charge in [-0.05, 0) is 26.1 Å². The van der Waals surface area contributed by atoms with Gasteiger partial charge in [0, 0.05) is 5.73 Å². The van der Waals surface area contributed by atoms with Crippen molar-refractivity contribution in [2.24, 2.45) is 0 Å². The molecule has 0 radical (unpaired) electrons. The SMILES string of the molecule is CCC(O[Si](C)(C)C)[SiH](C)C. The van der Waals surface area contributed by atoms with E-state index in [1.165, 1.54) is 6.42 Å². The van der Waals surface area contributed by atoms with Crippen LogP contribution in [0.4, 0.5) is 0 Å². The highest BCUT2D eigenvalue weighted by Gasteiger charge is 2.22. The van der Waals surface area contributed by atoms with Crippen molar-refractivity contribution in [2.75, 3.05) is 0 Å². The van der Waals surface area contributed by atoms with E-state index in [0.29, 0.717) is 5.73 Å². The van der Waals surface area contributed by atoms with Crippen LogP contribution in [0, 0.1) is 0 Å². The third kappa shape index (κ3) is 5.64. The van der Waals surface area contributed by atoms with Crippen LogP contribution >= 0.6 is 0 Å². The second-order valence-electron chi connectivity index (χ2n) is 4.42. The smallest absolute Gasteiger partial charge is 0.183 e. The Kier molecular flexibility index (Phi) is 4.59. The van der Waals surface area contributed by atoms with Gasteiger partial charge in [0.1, 0.15) is 0 Å². The molecule has 0 saturated heterocycles. The minimum absolute atomic E-state index is 0.573. The number of hydrogen-bond donors (Lipinski definition) is 0. The van der Waals surface area contributed by atoms with Crippen LogP contribution in [0.3, 0.4) is 0 Å². The second-order valence-corrected chi connectivity index (χ2v) is 12.1. The standard InChI is InChI=1S/C8H22OSi2/c1-7-8(10(2)3)9-11(4,5)6/h8,10H,7H2,1-6H3. The minimum atomic E-state index is -1.27. The first-order valence-electron chi connectivity index (χ1n) is 4.54. The van der Waals surface area contributed by atoms with Crippen LogP contribution in [0.5, 0.6) is 0 Å². The first-order chi connectivity index (χ1) is 4.87. The van der Waals surface area contributed by atoms with Crippen LogP contribution in [0.15, 0.2) is 0 Å². The van der Waals surface area contributed by atoms with Gasteiger partial charge in [-0.3, -0.25) is 0 Å². The Labute approximate surface area is 73.9 Å². The van der Waals surface area contributed by atoms with Gasteiger partial charge in [-0.15, -0.1) is 0 Å². The van der Waals surface area contributed by atoms with Gasteiger partial charge >= 0.3 is 0 Å². The van der Waals surface area contributed by atoms with Gasteiger partial charge in [-0.2, -0.15) is 0 Å². The summed E-state index contributed by atoms with van der Waals surface area (Å²) in [5.74, 6) is 0. The van der Waals surface area contributed by atoms with Gasteiger partial charge < -0.3 is 4.43 Å². The van der Waals surface area contributed by atoms with Crippen LogP contribution in [0.1, 0.15) is 13.3 Å². The van der Waals surface area contributed by atoms with E-state index in [0.717, 1.165) is 0 Å². The summed E-state index contributed by atoms with van der Waals surface area (Å²) < 4.78 is 6.05. The zero-order chi connectivity index (χ0) is 9.07. The Balaban J connectivity index is 3.88. The van der Waals surface area contributed by atoms with Crippen LogP contribution in [-0.4, -0.2) is 22.8 Å². The molecule has 0 saturated carbocycles. The summed E-state index contributed by atoms with van der Waals surface area (Å²) in [6.45, 7) is 13.8. The molecule has 3 heteroatoms. The Hall–Kier alpha value is 0.394. The molecule has 0 N–H and O–H groups in total. The zero-order valence-electron chi connectivity index (χ0n) is 8.77. The van der Waals surface area contributed by atoms with E-state index in [1.54, 1.807) is 0 Å². The fourth-order valence-corrected chi connectivity index (χ4v) is 5.48. The maximum Gasteiger partial charge on any atom is 0.183 e. The van der Waals surface area contributed by atoms with Crippen LogP contribution in [0.25, 0.3) is 0 Å².